The lowest BCUT2D eigenvalue weighted by atomic mass is 10.1. The second-order valence-corrected chi connectivity index (χ2v) is 4.30. The maximum atomic E-state index is 12.2. The first kappa shape index (κ1) is 14.6. The Balaban J connectivity index is 2.89. The van der Waals surface area contributed by atoms with Gasteiger partial charge in [0.25, 0.3) is 0 Å². The monoisotopic (exact) mass is 281 g/mol. The molecule has 0 saturated carbocycles. The van der Waals surface area contributed by atoms with Crippen LogP contribution in [0.4, 0.5) is 18.9 Å². The maximum Gasteiger partial charge on any atom is 0.391 e. The maximum absolute atomic E-state index is 12.2. The van der Waals surface area contributed by atoms with E-state index in [1.807, 2.05) is 0 Å². The number of rotatable bonds is 4. The van der Waals surface area contributed by atoms with Crippen molar-refractivity contribution in [1.29, 1.82) is 0 Å². The summed E-state index contributed by atoms with van der Waals surface area (Å²) in [5.41, 5.74) is -0.0415. The molecule has 3 nitrogen and oxygen atoms in total. The van der Waals surface area contributed by atoms with E-state index in [4.69, 9.17) is 16.7 Å². The fourth-order valence-electron chi connectivity index (χ4n) is 1.49. The molecule has 1 rings (SSSR count). The third-order valence-electron chi connectivity index (χ3n) is 2.15. The van der Waals surface area contributed by atoms with Crippen molar-refractivity contribution in [3.63, 3.8) is 0 Å². The Bertz CT molecular complexity index is 448. The fraction of sp³-hybridized carbons (Fsp3) is 0.364. The summed E-state index contributed by atoms with van der Waals surface area (Å²) in [6, 6.07) is 2.96. The molecule has 0 aliphatic carbocycles. The topological polar surface area (TPSA) is 49.3 Å². The lowest BCUT2D eigenvalue weighted by Gasteiger charge is -2.18. The van der Waals surface area contributed by atoms with Crippen LogP contribution in [0.15, 0.2) is 18.2 Å². The molecule has 0 radical (unpaired) electrons. The summed E-state index contributed by atoms with van der Waals surface area (Å²) in [5, 5.41) is 11.7. The summed E-state index contributed by atoms with van der Waals surface area (Å²) in [6.45, 7) is 1.32. The largest absolute Gasteiger partial charge is 0.478 e. The second kappa shape index (κ2) is 5.48. The number of aromatic carboxylic acids is 1. The SMILES string of the molecule is CC(CC(F)(F)F)Nc1cc(Cl)ccc1C(=O)O. The Labute approximate surface area is 107 Å². The highest BCUT2D eigenvalue weighted by molar-refractivity contribution is 6.31. The second-order valence-electron chi connectivity index (χ2n) is 3.86. The van der Waals surface area contributed by atoms with E-state index in [0.717, 1.165) is 0 Å². The van der Waals surface area contributed by atoms with Crippen molar-refractivity contribution in [2.45, 2.75) is 25.6 Å². The normalized spacial score (nSPS) is 13.2. The van der Waals surface area contributed by atoms with Crippen LogP contribution >= 0.6 is 11.6 Å². The van der Waals surface area contributed by atoms with E-state index >= 15 is 0 Å². The number of carboxylic acid groups (broad SMARTS) is 1. The van der Waals surface area contributed by atoms with Crippen LogP contribution in [0.25, 0.3) is 0 Å². The van der Waals surface area contributed by atoms with Crippen LogP contribution in [0.2, 0.25) is 5.02 Å². The third-order valence-corrected chi connectivity index (χ3v) is 2.39. The first-order valence-electron chi connectivity index (χ1n) is 5.05. The van der Waals surface area contributed by atoms with Gasteiger partial charge in [0, 0.05) is 11.1 Å². The number of alkyl halides is 3. The molecule has 0 amide bonds. The van der Waals surface area contributed by atoms with Crippen LogP contribution in [0, 0.1) is 0 Å². The number of anilines is 1. The van der Waals surface area contributed by atoms with Crippen LogP contribution in [0.1, 0.15) is 23.7 Å². The van der Waals surface area contributed by atoms with Gasteiger partial charge in [0.1, 0.15) is 0 Å². The molecule has 0 spiro atoms. The van der Waals surface area contributed by atoms with E-state index in [-0.39, 0.29) is 16.3 Å². The zero-order valence-corrected chi connectivity index (χ0v) is 10.1. The van der Waals surface area contributed by atoms with E-state index in [0.29, 0.717) is 0 Å². The summed E-state index contributed by atoms with van der Waals surface area (Å²) in [7, 11) is 0. The van der Waals surface area contributed by atoms with Crippen molar-refractivity contribution in [2.75, 3.05) is 5.32 Å². The van der Waals surface area contributed by atoms with Crippen molar-refractivity contribution in [2.24, 2.45) is 0 Å². The first-order valence-corrected chi connectivity index (χ1v) is 5.43. The van der Waals surface area contributed by atoms with Gasteiger partial charge >= 0.3 is 12.1 Å². The molecule has 18 heavy (non-hydrogen) atoms. The molecular formula is C11H11ClF3NO2. The number of hydrogen-bond donors (Lipinski definition) is 2. The summed E-state index contributed by atoms with van der Waals surface area (Å²) in [6.07, 6.45) is -5.37. The summed E-state index contributed by atoms with van der Waals surface area (Å²) >= 11 is 5.68. The Kier molecular flexibility index (Phi) is 4.45. The van der Waals surface area contributed by atoms with Gasteiger partial charge in [0.15, 0.2) is 0 Å². The van der Waals surface area contributed by atoms with Gasteiger partial charge in [-0.25, -0.2) is 4.79 Å². The van der Waals surface area contributed by atoms with Gasteiger partial charge in [-0.1, -0.05) is 11.6 Å². The van der Waals surface area contributed by atoms with Gasteiger partial charge in [0.05, 0.1) is 17.7 Å². The highest BCUT2D eigenvalue weighted by Crippen LogP contribution is 2.26. The van der Waals surface area contributed by atoms with Gasteiger partial charge in [-0.2, -0.15) is 13.2 Å². The Morgan fingerprint density at radius 1 is 1.50 bits per heavy atom. The molecule has 1 aromatic rings. The molecule has 2 N–H and O–H groups in total. The minimum Gasteiger partial charge on any atom is -0.478 e. The van der Waals surface area contributed by atoms with E-state index in [1.54, 1.807) is 0 Å². The highest BCUT2D eigenvalue weighted by Gasteiger charge is 2.30. The standard InChI is InChI=1S/C11H11ClF3NO2/c1-6(5-11(13,14)15)16-9-4-7(12)2-3-8(9)10(17)18/h2-4,6,16H,5H2,1H3,(H,17,18). The van der Waals surface area contributed by atoms with Crippen molar-refractivity contribution < 1.29 is 23.1 Å². The Morgan fingerprint density at radius 2 is 2.11 bits per heavy atom. The molecule has 0 bridgehead atoms. The minimum absolute atomic E-state index is 0.0757. The minimum atomic E-state index is -4.31. The molecular weight excluding hydrogens is 271 g/mol. The zero-order chi connectivity index (χ0) is 13.9. The number of nitrogens with one attached hydrogen (secondary N) is 1. The molecule has 0 saturated heterocycles. The van der Waals surface area contributed by atoms with Crippen molar-refractivity contribution in [1.82, 2.24) is 0 Å². The third kappa shape index (κ3) is 4.44. The fourth-order valence-corrected chi connectivity index (χ4v) is 1.66. The van der Waals surface area contributed by atoms with Crippen LogP contribution in [0.3, 0.4) is 0 Å². The number of halogens is 4. The molecule has 7 heteroatoms. The average Bonchev–Trinajstić information content (AvgIpc) is 2.13. The summed E-state index contributed by atoms with van der Waals surface area (Å²) < 4.78 is 36.5. The number of carboxylic acids is 1. The average molecular weight is 282 g/mol. The quantitative estimate of drug-likeness (QED) is 0.883. The van der Waals surface area contributed by atoms with E-state index < -0.39 is 24.6 Å². The predicted molar refractivity (Wildman–Crippen MR) is 62.2 cm³/mol. The van der Waals surface area contributed by atoms with Gasteiger partial charge in [-0.05, 0) is 25.1 Å². The molecule has 1 unspecified atom stereocenters. The van der Waals surface area contributed by atoms with Crippen LogP contribution < -0.4 is 5.32 Å². The lowest BCUT2D eigenvalue weighted by Crippen LogP contribution is -2.24. The van der Waals surface area contributed by atoms with E-state index in [1.165, 1.54) is 25.1 Å². The molecule has 0 fully saturated rings. The number of carbonyl (C=O) groups is 1. The molecule has 0 aliphatic heterocycles. The van der Waals surface area contributed by atoms with Gasteiger partial charge in [-0.3, -0.25) is 0 Å². The van der Waals surface area contributed by atoms with Gasteiger partial charge in [0.2, 0.25) is 0 Å². The van der Waals surface area contributed by atoms with Crippen LogP contribution in [-0.2, 0) is 0 Å². The lowest BCUT2D eigenvalue weighted by molar-refractivity contribution is -0.136. The number of hydrogen-bond acceptors (Lipinski definition) is 2. The Morgan fingerprint density at radius 3 is 2.61 bits per heavy atom. The molecule has 100 valence electrons. The predicted octanol–water partition coefficient (Wildman–Crippen LogP) is 3.79. The van der Waals surface area contributed by atoms with E-state index in [2.05, 4.69) is 5.32 Å². The molecule has 1 atom stereocenters. The van der Waals surface area contributed by atoms with Gasteiger partial charge < -0.3 is 10.4 Å². The van der Waals surface area contributed by atoms with E-state index in [9.17, 15) is 18.0 Å². The molecule has 1 aromatic carbocycles. The van der Waals surface area contributed by atoms with Crippen LogP contribution in [0.5, 0.6) is 0 Å². The highest BCUT2D eigenvalue weighted by atomic mass is 35.5. The summed E-state index contributed by atoms with van der Waals surface area (Å²) in [4.78, 5) is 10.9. The number of benzene rings is 1. The van der Waals surface area contributed by atoms with Gasteiger partial charge in [-0.15, -0.1) is 0 Å². The van der Waals surface area contributed by atoms with Crippen molar-refractivity contribution >= 4 is 23.3 Å². The smallest absolute Gasteiger partial charge is 0.391 e. The first-order chi connectivity index (χ1) is 8.19. The molecule has 0 aliphatic rings. The van der Waals surface area contributed by atoms with Crippen molar-refractivity contribution in [3.05, 3.63) is 28.8 Å². The van der Waals surface area contributed by atoms with Crippen molar-refractivity contribution in [3.8, 4) is 0 Å². The Hall–Kier alpha value is -1.43. The molecule has 0 aromatic heterocycles. The zero-order valence-electron chi connectivity index (χ0n) is 9.38. The molecule has 0 heterocycles. The van der Waals surface area contributed by atoms with Crippen LogP contribution in [-0.4, -0.2) is 23.3 Å². The summed E-state index contributed by atoms with van der Waals surface area (Å²) in [5.74, 6) is -1.23.